The van der Waals surface area contributed by atoms with Crippen LogP contribution in [0.3, 0.4) is 0 Å². The highest BCUT2D eigenvalue weighted by Crippen LogP contribution is 2.58. The van der Waals surface area contributed by atoms with Crippen LogP contribution in [-0.4, -0.2) is 145 Å². The predicted octanol–water partition coefficient (Wildman–Crippen LogP) is 13.5. The van der Waals surface area contributed by atoms with Gasteiger partial charge in [-0.2, -0.15) is 5.01 Å². The molecule has 0 bridgehead atoms. The molecule has 15 rings (SSSR count). The van der Waals surface area contributed by atoms with Crippen LogP contribution in [0.15, 0.2) is 191 Å². The zero-order valence-electron chi connectivity index (χ0n) is 66.0. The molecule has 8 aromatic rings. The number of rotatable bonds is 10. The lowest BCUT2D eigenvalue weighted by Crippen LogP contribution is -2.48. The Morgan fingerprint density at radius 2 is 0.887 bits per heavy atom. The number of nitroso groups, excluding NO2 is 1. The summed E-state index contributed by atoms with van der Waals surface area (Å²) in [4.78, 5) is 124. The molecule has 3 aliphatic carbocycles. The fourth-order valence-electron chi connectivity index (χ4n) is 14.3. The number of hydrogen-bond donors (Lipinski definition) is 6. The molecule has 7 aliphatic rings. The van der Waals surface area contributed by atoms with Crippen molar-refractivity contribution in [2.75, 3.05) is 54.8 Å². The van der Waals surface area contributed by atoms with E-state index in [0.717, 1.165) is 77.1 Å². The molecular formula is C86H104ClN13O15. The van der Waals surface area contributed by atoms with Crippen LogP contribution in [-0.2, 0) is 57.7 Å². The number of benzene rings is 6. The Bertz CT molecular complexity index is 4830. The lowest BCUT2D eigenvalue weighted by atomic mass is 9.89. The van der Waals surface area contributed by atoms with Crippen molar-refractivity contribution in [1.29, 1.82) is 0 Å². The smallest absolute Gasteiger partial charge is 0.408 e. The summed E-state index contributed by atoms with van der Waals surface area (Å²) in [7, 11) is 8.24. The molecule has 0 unspecified atom stereocenters. The van der Waals surface area contributed by atoms with Crippen LogP contribution in [0.5, 0.6) is 0 Å². The van der Waals surface area contributed by atoms with Crippen molar-refractivity contribution < 1.29 is 66.8 Å². The van der Waals surface area contributed by atoms with Crippen LogP contribution in [0, 0.1) is 4.91 Å². The van der Waals surface area contributed by atoms with Gasteiger partial charge in [0, 0.05) is 89.3 Å². The van der Waals surface area contributed by atoms with E-state index in [1.165, 1.54) is 42.6 Å². The van der Waals surface area contributed by atoms with Crippen molar-refractivity contribution in [2.45, 2.75) is 178 Å². The van der Waals surface area contributed by atoms with Gasteiger partial charge in [0.2, 0.25) is 23.6 Å². The van der Waals surface area contributed by atoms with Gasteiger partial charge in [0.05, 0.1) is 17.0 Å². The number of aromatic carboxylic acids is 1. The number of nitrogens with one attached hydrogen (secondary N) is 3. The van der Waals surface area contributed by atoms with Crippen LogP contribution in [0.4, 0.5) is 37.1 Å². The molecule has 6 heterocycles. The number of aromatic nitrogens is 2. The first-order valence-corrected chi connectivity index (χ1v) is 37.3. The predicted molar refractivity (Wildman–Crippen MR) is 441 cm³/mol. The third-order valence-corrected chi connectivity index (χ3v) is 20.6. The Morgan fingerprint density at radius 3 is 1.28 bits per heavy atom. The molecule has 4 atom stereocenters. The first-order valence-electron chi connectivity index (χ1n) is 37.3. The molecule has 3 fully saturated rings. The number of urea groups is 1. The SMILES string of the molecule is C.C=C1C[C@H](NC(=O)OC(C)(C)C)C(=O)N(C)c2ccccc21.CN(N=O)C(N)=O.CN1C(=O)[C@@H](N)CC2(CC2)c2ccccc21.CN1C(=O)[C@@H](NC(=O)OC(C)(C)C)CC2(CC2)c2ccccc21.CN1C(=O)[C@@H](NC(=O)c2cc(Cc3ccccc3)on2)CC2(CC2)c2ccccc21.Cl.O=C(O)c1cc(Cc2ccccc2)on1. The molecule has 9 amide bonds. The van der Waals surface area contributed by atoms with E-state index in [2.05, 4.69) is 62.1 Å². The lowest BCUT2D eigenvalue weighted by Gasteiger charge is -2.25. The second-order valence-corrected chi connectivity index (χ2v) is 31.4. The van der Waals surface area contributed by atoms with Gasteiger partial charge in [-0.15, -0.1) is 17.3 Å². The maximum absolute atomic E-state index is 13.1. The van der Waals surface area contributed by atoms with Gasteiger partial charge < -0.3 is 70.6 Å². The second kappa shape index (κ2) is 37.3. The molecule has 0 radical (unpaired) electrons. The first-order chi connectivity index (χ1) is 53.5. The average molecular weight is 1600 g/mol. The monoisotopic (exact) mass is 1590 g/mol. The largest absolute Gasteiger partial charge is 0.476 e. The van der Waals surface area contributed by atoms with Gasteiger partial charge in [-0.05, 0) is 173 Å². The minimum absolute atomic E-state index is 0. The summed E-state index contributed by atoms with van der Waals surface area (Å²) in [5.74, 6) is -0.627. The fourth-order valence-corrected chi connectivity index (χ4v) is 14.3. The maximum atomic E-state index is 13.1. The molecular weight excluding hydrogens is 1490 g/mol. The number of alkyl carbamates (subject to hydrolysis) is 2. The third kappa shape index (κ3) is 22.3. The summed E-state index contributed by atoms with van der Waals surface area (Å²) in [6.45, 7) is 14.8. The summed E-state index contributed by atoms with van der Waals surface area (Å²) in [5.41, 5.74) is 20.9. The normalized spacial score (nSPS) is 18.5. The van der Waals surface area contributed by atoms with E-state index in [4.69, 9.17) is 29.4 Å². The molecule has 3 saturated carbocycles. The highest BCUT2D eigenvalue weighted by molar-refractivity contribution is 6.05. The van der Waals surface area contributed by atoms with Crippen LogP contribution in [0.1, 0.15) is 179 Å². The van der Waals surface area contributed by atoms with Crippen LogP contribution < -0.4 is 47.0 Å². The number of hydrogen-bond acceptors (Lipinski definition) is 18. The number of nitrogens with two attached hydrogens (primary N) is 2. The Kier molecular flexibility index (Phi) is 28.7. The number of carbonyl (C=O) groups is 9. The van der Waals surface area contributed by atoms with Crippen molar-refractivity contribution in [2.24, 2.45) is 16.8 Å². The summed E-state index contributed by atoms with van der Waals surface area (Å²) < 4.78 is 20.8. The van der Waals surface area contributed by atoms with Crippen molar-refractivity contribution in [3.63, 3.8) is 0 Å². The number of ether oxygens (including phenoxy) is 2. The number of likely N-dealkylation sites (N-methyl/N-ethyl adjacent to an activating group) is 4. The molecule has 8 N–H and O–H groups in total. The molecule has 28 nitrogen and oxygen atoms in total. The highest BCUT2D eigenvalue weighted by Gasteiger charge is 2.54. The second-order valence-electron chi connectivity index (χ2n) is 31.4. The van der Waals surface area contributed by atoms with E-state index in [-0.39, 0.29) is 83.0 Å². The van der Waals surface area contributed by atoms with Crippen LogP contribution >= 0.6 is 12.4 Å². The number of carboxylic acid groups (broad SMARTS) is 1. The Hall–Kier alpha value is -12.0. The van der Waals surface area contributed by atoms with Crippen molar-refractivity contribution in [3.05, 3.63) is 238 Å². The Balaban J connectivity index is 0.000000178. The molecule has 3 spiro atoms. The number of carbonyl (C=O) groups excluding carboxylic acids is 8. The fraction of sp³-hybridized carbons (Fsp3) is 0.384. The third-order valence-electron chi connectivity index (χ3n) is 20.6. The van der Waals surface area contributed by atoms with Gasteiger partial charge in [0.15, 0.2) is 11.4 Å². The van der Waals surface area contributed by atoms with Gasteiger partial charge in [-0.1, -0.05) is 158 Å². The molecule has 115 heavy (non-hydrogen) atoms. The lowest BCUT2D eigenvalue weighted by molar-refractivity contribution is -0.121. The molecule has 6 aromatic carbocycles. The topological polar surface area (TPSA) is 378 Å². The summed E-state index contributed by atoms with van der Waals surface area (Å²) >= 11 is 0. The van der Waals surface area contributed by atoms with E-state index in [9.17, 15) is 48.1 Å². The number of amides is 9. The molecule has 4 aliphatic heterocycles. The van der Waals surface area contributed by atoms with E-state index in [0.29, 0.717) is 48.6 Å². The molecule has 29 heteroatoms. The number of primary amides is 1. The van der Waals surface area contributed by atoms with E-state index >= 15 is 0 Å². The summed E-state index contributed by atoms with van der Waals surface area (Å²) in [6, 6.07) is 51.4. The number of fused-ring (bicyclic) bond motifs is 7. The number of nitrogens with zero attached hydrogens (tertiary/aromatic N) is 8. The van der Waals surface area contributed by atoms with Crippen molar-refractivity contribution >= 4 is 94.5 Å². The van der Waals surface area contributed by atoms with Gasteiger partial charge >= 0.3 is 24.2 Å². The van der Waals surface area contributed by atoms with Gasteiger partial charge in [0.25, 0.3) is 5.91 Å². The van der Waals surface area contributed by atoms with E-state index in [1.807, 2.05) is 167 Å². The van der Waals surface area contributed by atoms with Gasteiger partial charge in [-0.25, -0.2) is 19.2 Å². The molecule has 0 saturated heterocycles. The number of para-hydroxylation sites is 4. The van der Waals surface area contributed by atoms with Crippen molar-refractivity contribution in [3.8, 4) is 0 Å². The molecule has 2 aromatic heterocycles. The zero-order valence-corrected chi connectivity index (χ0v) is 66.8. The van der Waals surface area contributed by atoms with Crippen molar-refractivity contribution in [1.82, 2.24) is 31.3 Å². The number of anilines is 4. The minimum Gasteiger partial charge on any atom is -0.476 e. The van der Waals surface area contributed by atoms with E-state index in [1.54, 1.807) is 67.6 Å². The van der Waals surface area contributed by atoms with Crippen LogP contribution in [0.2, 0.25) is 0 Å². The standard InChI is InChI=1S/C24H23N3O3.C18H24N2O3.C17H22N2O3.C13H16N2O.C11H9NO3.C2H5N3O2.CH4.ClH/c1-27-21-10-6-5-9-18(21)24(11-12-24)15-20(23(27)29)25-22(28)19-14-17(30-26-19)13-16-7-3-2-4-8-16;1-17(2,3)23-16(22)19-13-11-18(9-10-18)12-7-5-6-8-14(12)20(4)15(13)21;1-11-10-13(18-16(21)22-17(2,3)4)15(20)19(5)14-9-7-6-8-12(11)14;1-15-11-5-3-2-4-9(11)13(6-7-13)8-10(14)12(15)16;13-11(14)10-7-9(15-12-10)6-8-4-2-1-3-5-8;1-5(4-7)2(3)6;;/h2-10,14,20H,11-13,15H2,1H3,(H,25,28);5-8,13H,9-11H2,1-4H3,(H,19,22);6-9,13H,1,10H2,2-5H3,(H,18,21);2-5,10H,6-8,14H2,1H3;1-5,7H,6H2,(H,13,14);1H3,(H2,3,6);1H4;1H/t20-;2*13-;10-;;;;/m0000..../s1. The van der Waals surface area contributed by atoms with Crippen LogP contribution in [0.25, 0.3) is 5.57 Å². The Labute approximate surface area is 676 Å². The highest BCUT2D eigenvalue weighted by atomic mass is 35.5. The number of halogens is 1. The summed E-state index contributed by atoms with van der Waals surface area (Å²) in [6.07, 6.45) is 8.88. The molecule has 610 valence electrons. The maximum Gasteiger partial charge on any atom is 0.408 e. The van der Waals surface area contributed by atoms with Gasteiger partial charge in [0.1, 0.15) is 40.8 Å². The quantitative estimate of drug-likeness (QED) is 0.0547. The first kappa shape index (κ1) is 88.5. The van der Waals surface area contributed by atoms with E-state index < -0.39 is 53.5 Å². The minimum atomic E-state index is -1.07. The number of carboxylic acids is 1. The average Bonchev–Trinajstić information content (AvgIpc) is 1.60. The zero-order chi connectivity index (χ0) is 81.9. The summed E-state index contributed by atoms with van der Waals surface area (Å²) in [5, 5.41) is 27.0. The van der Waals surface area contributed by atoms with Gasteiger partial charge in [-0.3, -0.25) is 24.0 Å². The Morgan fingerprint density at radius 1 is 0.539 bits per heavy atom.